The first-order valence-electron chi connectivity index (χ1n) is 5.68. The molecule has 0 amide bonds. The van der Waals surface area contributed by atoms with E-state index in [4.69, 9.17) is 4.74 Å². The van der Waals surface area contributed by atoms with Crippen molar-refractivity contribution in [3.05, 3.63) is 29.8 Å². The number of hydrogen-bond acceptors (Lipinski definition) is 3. The molecule has 0 fully saturated rings. The number of benzene rings is 1. The highest BCUT2D eigenvalue weighted by Gasteiger charge is 2.10. The predicted molar refractivity (Wildman–Crippen MR) is 70.2 cm³/mol. The van der Waals surface area contributed by atoms with Gasteiger partial charge in [0.1, 0.15) is 5.75 Å². The lowest BCUT2D eigenvalue weighted by Crippen LogP contribution is -2.04. The largest absolute Gasteiger partial charge is 0.493 e. The lowest BCUT2D eigenvalue weighted by molar-refractivity contribution is 0.167. The van der Waals surface area contributed by atoms with Gasteiger partial charge in [0.25, 0.3) is 0 Å². The van der Waals surface area contributed by atoms with Crippen LogP contribution in [0.5, 0.6) is 5.75 Å². The molecule has 1 atom stereocenters. The summed E-state index contributed by atoms with van der Waals surface area (Å²) < 4.78 is 5.69. The van der Waals surface area contributed by atoms with Crippen LogP contribution >= 0.6 is 11.8 Å². The molecule has 0 heterocycles. The molecule has 0 saturated carbocycles. The summed E-state index contributed by atoms with van der Waals surface area (Å²) in [6, 6.07) is 7.73. The van der Waals surface area contributed by atoms with Crippen LogP contribution in [0.3, 0.4) is 0 Å². The molecule has 1 unspecified atom stereocenters. The zero-order valence-corrected chi connectivity index (χ0v) is 10.8. The lowest BCUT2D eigenvalue weighted by Gasteiger charge is -2.14. The topological polar surface area (TPSA) is 29.5 Å². The van der Waals surface area contributed by atoms with Crippen LogP contribution in [0.25, 0.3) is 0 Å². The Morgan fingerprint density at radius 2 is 2.12 bits per heavy atom. The Hall–Kier alpha value is -0.670. The highest BCUT2D eigenvalue weighted by atomic mass is 32.2. The zero-order chi connectivity index (χ0) is 11.8. The third kappa shape index (κ3) is 4.06. The summed E-state index contributed by atoms with van der Waals surface area (Å²) in [5.74, 6) is 1.93. The van der Waals surface area contributed by atoms with E-state index in [1.54, 1.807) is 0 Å². The Balaban J connectivity index is 2.57. The van der Waals surface area contributed by atoms with Crippen molar-refractivity contribution in [3.63, 3.8) is 0 Å². The molecule has 1 aromatic rings. The first kappa shape index (κ1) is 13.4. The normalized spacial score (nSPS) is 12.4. The molecule has 0 spiro atoms. The van der Waals surface area contributed by atoms with E-state index < -0.39 is 6.10 Å². The van der Waals surface area contributed by atoms with Crippen molar-refractivity contribution in [2.24, 2.45) is 0 Å². The summed E-state index contributed by atoms with van der Waals surface area (Å²) >= 11 is 1.82. The molecule has 0 aliphatic heterocycles. The van der Waals surface area contributed by atoms with Crippen molar-refractivity contribution >= 4 is 11.8 Å². The number of rotatable bonds is 7. The molecule has 3 heteroatoms. The summed E-state index contributed by atoms with van der Waals surface area (Å²) in [5, 5.41) is 9.83. The molecule has 0 aliphatic carbocycles. The summed E-state index contributed by atoms with van der Waals surface area (Å²) in [7, 11) is 0. The van der Waals surface area contributed by atoms with Crippen LogP contribution in [0.1, 0.15) is 31.4 Å². The monoisotopic (exact) mass is 240 g/mol. The van der Waals surface area contributed by atoms with Gasteiger partial charge in [-0.25, -0.2) is 0 Å². The summed E-state index contributed by atoms with van der Waals surface area (Å²) in [4.78, 5) is 0. The van der Waals surface area contributed by atoms with Crippen LogP contribution in [0.2, 0.25) is 0 Å². The number of aliphatic hydroxyl groups is 1. The van der Waals surface area contributed by atoms with Gasteiger partial charge in [0, 0.05) is 5.56 Å². The van der Waals surface area contributed by atoms with Gasteiger partial charge in [0.05, 0.1) is 12.7 Å². The molecule has 1 rings (SSSR count). The maximum Gasteiger partial charge on any atom is 0.125 e. The molecule has 90 valence electrons. The van der Waals surface area contributed by atoms with Crippen molar-refractivity contribution in [1.29, 1.82) is 0 Å². The second kappa shape index (κ2) is 7.58. The van der Waals surface area contributed by atoms with E-state index in [1.807, 2.05) is 43.0 Å². The van der Waals surface area contributed by atoms with Gasteiger partial charge >= 0.3 is 0 Å². The molecular weight excluding hydrogens is 220 g/mol. The Morgan fingerprint density at radius 3 is 2.81 bits per heavy atom. The summed E-state index contributed by atoms with van der Waals surface area (Å²) in [6.07, 6.45) is 3.43. The molecule has 0 aliphatic rings. The van der Waals surface area contributed by atoms with Gasteiger partial charge in [-0.3, -0.25) is 0 Å². The minimum Gasteiger partial charge on any atom is -0.493 e. The van der Waals surface area contributed by atoms with Gasteiger partial charge in [-0.15, -0.1) is 0 Å². The van der Waals surface area contributed by atoms with Crippen molar-refractivity contribution in [1.82, 2.24) is 0 Å². The summed E-state index contributed by atoms with van der Waals surface area (Å²) in [6.45, 7) is 2.68. The average molecular weight is 240 g/mol. The lowest BCUT2D eigenvalue weighted by atomic mass is 10.1. The number of para-hydroxylation sites is 1. The van der Waals surface area contributed by atoms with E-state index in [0.29, 0.717) is 13.0 Å². The molecule has 1 N–H and O–H groups in total. The fourth-order valence-corrected chi connectivity index (χ4v) is 1.90. The number of thioether (sulfide) groups is 1. The second-order valence-corrected chi connectivity index (χ2v) is 4.64. The van der Waals surface area contributed by atoms with Gasteiger partial charge in [-0.05, 0) is 30.9 Å². The van der Waals surface area contributed by atoms with E-state index >= 15 is 0 Å². The highest BCUT2D eigenvalue weighted by Crippen LogP contribution is 2.26. The first-order chi connectivity index (χ1) is 7.79. The smallest absolute Gasteiger partial charge is 0.125 e. The average Bonchev–Trinajstić information content (AvgIpc) is 2.34. The number of hydrogen-bond donors (Lipinski definition) is 1. The molecular formula is C13H20O2S. The van der Waals surface area contributed by atoms with E-state index in [-0.39, 0.29) is 0 Å². The Morgan fingerprint density at radius 1 is 1.38 bits per heavy atom. The molecule has 1 aromatic carbocycles. The Labute approximate surface area is 102 Å². The van der Waals surface area contributed by atoms with Crippen molar-refractivity contribution < 1.29 is 9.84 Å². The molecule has 0 saturated heterocycles. The fourth-order valence-electron chi connectivity index (χ4n) is 1.49. The molecule has 0 aromatic heterocycles. The van der Waals surface area contributed by atoms with E-state index in [1.165, 1.54) is 0 Å². The minimum atomic E-state index is -0.420. The molecule has 16 heavy (non-hydrogen) atoms. The van der Waals surface area contributed by atoms with Gasteiger partial charge in [-0.2, -0.15) is 11.8 Å². The van der Waals surface area contributed by atoms with E-state index in [2.05, 4.69) is 6.26 Å². The maximum atomic E-state index is 9.83. The Kier molecular flexibility index (Phi) is 6.34. The van der Waals surface area contributed by atoms with Crippen LogP contribution in [0, 0.1) is 0 Å². The van der Waals surface area contributed by atoms with Crippen molar-refractivity contribution in [3.8, 4) is 5.75 Å². The van der Waals surface area contributed by atoms with E-state index in [9.17, 15) is 5.11 Å². The SMILES string of the molecule is CCC(O)c1ccccc1OCCCSC. The highest BCUT2D eigenvalue weighted by molar-refractivity contribution is 7.98. The third-order valence-corrected chi connectivity index (χ3v) is 3.11. The van der Waals surface area contributed by atoms with Crippen LogP contribution in [-0.4, -0.2) is 23.7 Å². The molecule has 0 bridgehead atoms. The quantitative estimate of drug-likeness (QED) is 0.742. The molecule has 2 nitrogen and oxygen atoms in total. The van der Waals surface area contributed by atoms with Crippen LogP contribution in [0.4, 0.5) is 0 Å². The minimum absolute atomic E-state index is 0.420. The fraction of sp³-hybridized carbons (Fsp3) is 0.538. The van der Waals surface area contributed by atoms with Crippen LogP contribution in [0.15, 0.2) is 24.3 Å². The molecule has 0 radical (unpaired) electrons. The van der Waals surface area contributed by atoms with Gasteiger partial charge in [0.15, 0.2) is 0 Å². The number of aliphatic hydroxyl groups excluding tert-OH is 1. The standard InChI is InChI=1S/C13H20O2S/c1-3-12(14)11-7-4-5-8-13(11)15-9-6-10-16-2/h4-5,7-8,12,14H,3,6,9-10H2,1-2H3. The van der Waals surface area contributed by atoms with Crippen molar-refractivity contribution in [2.75, 3.05) is 18.6 Å². The zero-order valence-electron chi connectivity index (χ0n) is 9.98. The number of ether oxygens (including phenoxy) is 1. The summed E-state index contributed by atoms with van der Waals surface area (Å²) in [5.41, 5.74) is 0.897. The predicted octanol–water partition coefficient (Wildman–Crippen LogP) is 3.26. The van der Waals surface area contributed by atoms with E-state index in [0.717, 1.165) is 23.5 Å². The van der Waals surface area contributed by atoms with Crippen LogP contribution in [-0.2, 0) is 0 Å². The second-order valence-electron chi connectivity index (χ2n) is 3.66. The first-order valence-corrected chi connectivity index (χ1v) is 7.07. The Bertz CT molecular complexity index is 302. The van der Waals surface area contributed by atoms with Crippen LogP contribution < -0.4 is 4.74 Å². The van der Waals surface area contributed by atoms with Crippen molar-refractivity contribution in [2.45, 2.75) is 25.9 Å². The maximum absolute atomic E-state index is 9.83. The third-order valence-electron chi connectivity index (χ3n) is 2.42. The van der Waals surface area contributed by atoms with Gasteiger partial charge in [0.2, 0.25) is 0 Å². The van der Waals surface area contributed by atoms with Gasteiger partial charge < -0.3 is 9.84 Å². The van der Waals surface area contributed by atoms with Gasteiger partial charge in [-0.1, -0.05) is 25.1 Å².